The lowest BCUT2D eigenvalue weighted by molar-refractivity contribution is 0.0914. The minimum atomic E-state index is -0.320. The van der Waals surface area contributed by atoms with Gasteiger partial charge in [0.25, 0.3) is 5.91 Å². The van der Waals surface area contributed by atoms with E-state index >= 15 is 0 Å². The molecule has 0 aliphatic rings. The van der Waals surface area contributed by atoms with Crippen molar-refractivity contribution < 1.29 is 4.79 Å². The summed E-state index contributed by atoms with van der Waals surface area (Å²) in [5.74, 6) is -0.191. The summed E-state index contributed by atoms with van der Waals surface area (Å²) in [4.78, 5) is 16.7. The molecule has 0 bridgehead atoms. The first-order valence-electron chi connectivity index (χ1n) is 8.23. The summed E-state index contributed by atoms with van der Waals surface area (Å²) in [6.45, 7) is 7.88. The Kier molecular flexibility index (Phi) is 4.40. The molecule has 1 amide bonds. The van der Waals surface area contributed by atoms with Crippen molar-refractivity contribution in [3.63, 3.8) is 0 Å². The molecule has 0 aliphatic heterocycles. The van der Waals surface area contributed by atoms with Gasteiger partial charge < -0.3 is 5.32 Å². The summed E-state index contributed by atoms with van der Waals surface area (Å²) in [6.07, 6.45) is 3.50. The number of hydrogen-bond donors (Lipinski definition) is 1. The summed E-state index contributed by atoms with van der Waals surface area (Å²) >= 11 is 0. The highest BCUT2D eigenvalue weighted by molar-refractivity contribution is 5.94. The molecule has 3 aromatic rings. The van der Waals surface area contributed by atoms with Crippen LogP contribution in [0.3, 0.4) is 0 Å². The Hall–Kier alpha value is -2.95. The number of aryl methyl sites for hydroxylation is 1. The van der Waals surface area contributed by atoms with Crippen LogP contribution in [0.5, 0.6) is 0 Å². The summed E-state index contributed by atoms with van der Waals surface area (Å²) in [7, 11) is 0. The molecule has 25 heavy (non-hydrogen) atoms. The quantitative estimate of drug-likeness (QED) is 0.793. The van der Waals surface area contributed by atoms with E-state index in [9.17, 15) is 4.79 Å². The zero-order valence-corrected chi connectivity index (χ0v) is 14.9. The lowest BCUT2D eigenvalue weighted by atomic mass is 10.1. The Bertz CT molecular complexity index is 874. The Morgan fingerprint density at radius 3 is 2.44 bits per heavy atom. The van der Waals surface area contributed by atoms with Crippen LogP contribution in [-0.4, -0.2) is 26.2 Å². The highest BCUT2D eigenvalue weighted by Crippen LogP contribution is 2.24. The Balaban J connectivity index is 2.09. The second kappa shape index (κ2) is 6.51. The van der Waals surface area contributed by atoms with Crippen molar-refractivity contribution in [3.8, 4) is 16.9 Å². The highest BCUT2D eigenvalue weighted by atomic mass is 16.2. The number of nitrogens with one attached hydrogen (secondary N) is 1. The van der Waals surface area contributed by atoms with Gasteiger partial charge in [-0.15, -0.1) is 0 Å². The van der Waals surface area contributed by atoms with Crippen LogP contribution >= 0.6 is 0 Å². The molecular formula is C20H22N4O. The molecular weight excluding hydrogens is 312 g/mol. The molecule has 2 heterocycles. The van der Waals surface area contributed by atoms with Crippen molar-refractivity contribution in [1.82, 2.24) is 20.1 Å². The minimum absolute atomic E-state index is 0.191. The molecule has 0 saturated carbocycles. The molecule has 0 saturated heterocycles. The number of benzene rings is 1. The normalized spacial score (nSPS) is 11.4. The zero-order valence-electron chi connectivity index (χ0n) is 14.9. The van der Waals surface area contributed by atoms with Crippen LogP contribution in [0.15, 0.2) is 54.9 Å². The van der Waals surface area contributed by atoms with Gasteiger partial charge in [0.05, 0.1) is 11.4 Å². The fourth-order valence-corrected chi connectivity index (χ4v) is 2.50. The molecule has 0 spiro atoms. The maximum atomic E-state index is 12.5. The molecule has 0 radical (unpaired) electrons. The lowest BCUT2D eigenvalue weighted by Gasteiger charge is -2.19. The molecule has 5 nitrogen and oxygen atoms in total. The van der Waals surface area contributed by atoms with Crippen molar-refractivity contribution in [2.24, 2.45) is 0 Å². The van der Waals surface area contributed by atoms with Gasteiger partial charge in [-0.05, 0) is 58.0 Å². The van der Waals surface area contributed by atoms with Crippen LogP contribution in [0.4, 0.5) is 0 Å². The third kappa shape index (κ3) is 3.94. The van der Waals surface area contributed by atoms with E-state index in [1.54, 1.807) is 23.1 Å². The molecule has 0 unspecified atom stereocenters. The molecule has 0 fully saturated rings. The van der Waals surface area contributed by atoms with Crippen LogP contribution in [0.2, 0.25) is 0 Å². The molecule has 1 aromatic carbocycles. The van der Waals surface area contributed by atoms with Crippen LogP contribution in [0.1, 0.15) is 36.8 Å². The third-order valence-corrected chi connectivity index (χ3v) is 3.67. The van der Waals surface area contributed by atoms with E-state index in [0.717, 1.165) is 16.9 Å². The molecule has 0 aliphatic carbocycles. The molecule has 2 aromatic heterocycles. The highest BCUT2D eigenvalue weighted by Gasteiger charge is 2.20. The molecule has 1 N–H and O–H groups in total. The van der Waals surface area contributed by atoms with Gasteiger partial charge >= 0.3 is 0 Å². The maximum absolute atomic E-state index is 12.5. The van der Waals surface area contributed by atoms with E-state index in [4.69, 9.17) is 0 Å². The fraction of sp³-hybridized carbons (Fsp3) is 0.250. The van der Waals surface area contributed by atoms with E-state index in [0.29, 0.717) is 5.69 Å². The van der Waals surface area contributed by atoms with Crippen LogP contribution in [0, 0.1) is 6.92 Å². The number of hydrogen-bond acceptors (Lipinski definition) is 3. The van der Waals surface area contributed by atoms with Crippen LogP contribution in [0.25, 0.3) is 16.9 Å². The van der Waals surface area contributed by atoms with Gasteiger partial charge in [0.15, 0.2) is 5.69 Å². The number of amides is 1. The van der Waals surface area contributed by atoms with Gasteiger partial charge in [-0.1, -0.05) is 17.7 Å². The zero-order chi connectivity index (χ0) is 18.0. The van der Waals surface area contributed by atoms with Crippen molar-refractivity contribution in [1.29, 1.82) is 0 Å². The first kappa shape index (κ1) is 16.9. The summed E-state index contributed by atoms with van der Waals surface area (Å²) in [6, 6.07) is 13.7. The Morgan fingerprint density at radius 2 is 1.84 bits per heavy atom. The largest absolute Gasteiger partial charge is 0.346 e. The average molecular weight is 334 g/mol. The number of aromatic nitrogens is 3. The monoisotopic (exact) mass is 334 g/mol. The van der Waals surface area contributed by atoms with Crippen molar-refractivity contribution in [2.75, 3.05) is 0 Å². The summed E-state index contributed by atoms with van der Waals surface area (Å²) in [5.41, 5.74) is 3.87. The molecule has 5 heteroatoms. The predicted molar refractivity (Wildman–Crippen MR) is 98.8 cm³/mol. The number of rotatable bonds is 3. The van der Waals surface area contributed by atoms with Gasteiger partial charge in [0, 0.05) is 23.5 Å². The number of carbonyl (C=O) groups is 1. The number of pyridine rings is 1. The first-order chi connectivity index (χ1) is 11.8. The van der Waals surface area contributed by atoms with Gasteiger partial charge in [-0.3, -0.25) is 9.78 Å². The number of nitrogens with zero attached hydrogens (tertiary/aromatic N) is 3. The SMILES string of the molecule is Cc1ccc(-n2nc(C(=O)NC(C)(C)C)cc2-c2cccnc2)cc1. The van der Waals surface area contributed by atoms with E-state index in [2.05, 4.69) is 15.4 Å². The smallest absolute Gasteiger partial charge is 0.272 e. The topological polar surface area (TPSA) is 59.8 Å². The second-order valence-corrected chi connectivity index (χ2v) is 7.11. The lowest BCUT2D eigenvalue weighted by Crippen LogP contribution is -2.40. The maximum Gasteiger partial charge on any atom is 0.272 e. The van der Waals surface area contributed by atoms with E-state index in [-0.39, 0.29) is 11.4 Å². The van der Waals surface area contributed by atoms with Gasteiger partial charge in [-0.25, -0.2) is 4.68 Å². The minimum Gasteiger partial charge on any atom is -0.346 e. The van der Waals surface area contributed by atoms with Crippen molar-refractivity contribution in [2.45, 2.75) is 33.2 Å². The van der Waals surface area contributed by atoms with Crippen molar-refractivity contribution in [3.05, 3.63) is 66.1 Å². The van der Waals surface area contributed by atoms with E-state index in [1.807, 2.05) is 64.1 Å². The van der Waals surface area contributed by atoms with Gasteiger partial charge in [0.1, 0.15) is 0 Å². The molecule has 3 rings (SSSR count). The van der Waals surface area contributed by atoms with E-state index < -0.39 is 0 Å². The Morgan fingerprint density at radius 1 is 1.12 bits per heavy atom. The second-order valence-electron chi connectivity index (χ2n) is 7.11. The van der Waals surface area contributed by atoms with E-state index in [1.165, 1.54) is 5.56 Å². The van der Waals surface area contributed by atoms with Gasteiger partial charge in [-0.2, -0.15) is 5.10 Å². The van der Waals surface area contributed by atoms with Crippen molar-refractivity contribution >= 4 is 5.91 Å². The summed E-state index contributed by atoms with van der Waals surface area (Å²) < 4.78 is 1.79. The third-order valence-electron chi connectivity index (χ3n) is 3.67. The standard InChI is InChI=1S/C20H22N4O/c1-14-7-9-16(10-8-14)24-18(15-6-5-11-21-13-15)12-17(23-24)19(25)22-20(2,3)4/h5-13H,1-4H3,(H,22,25). The van der Waals surface area contributed by atoms with Crippen LogP contribution in [-0.2, 0) is 0 Å². The molecule has 0 atom stereocenters. The predicted octanol–water partition coefficient (Wildman–Crippen LogP) is 3.77. The summed E-state index contributed by atoms with van der Waals surface area (Å²) in [5, 5.41) is 7.51. The van der Waals surface area contributed by atoms with Gasteiger partial charge in [0.2, 0.25) is 0 Å². The Labute approximate surface area is 147 Å². The molecule has 128 valence electrons. The first-order valence-corrected chi connectivity index (χ1v) is 8.23. The fourth-order valence-electron chi connectivity index (χ4n) is 2.50. The average Bonchev–Trinajstić information content (AvgIpc) is 3.00. The van der Waals surface area contributed by atoms with Crippen LogP contribution < -0.4 is 5.32 Å². The number of carbonyl (C=O) groups excluding carboxylic acids is 1.